The van der Waals surface area contributed by atoms with Gasteiger partial charge in [-0.1, -0.05) is 72.8 Å². The number of ether oxygens (including phenoxy) is 1. The largest absolute Gasteiger partial charge is 0.497 e. The van der Waals surface area contributed by atoms with Crippen LogP contribution in [0.4, 0.5) is 0 Å². The Kier molecular flexibility index (Phi) is 10.3. The van der Waals surface area contributed by atoms with Crippen LogP contribution in [0.25, 0.3) is 6.08 Å². The molecular formula is C32H35NO2. The Morgan fingerprint density at radius 3 is 2.60 bits per heavy atom. The highest BCUT2D eigenvalue weighted by molar-refractivity contribution is 6.00. The van der Waals surface area contributed by atoms with Crippen molar-refractivity contribution in [3.8, 4) is 0 Å². The van der Waals surface area contributed by atoms with E-state index in [1.54, 1.807) is 7.11 Å². The molecule has 0 amide bonds. The molecule has 35 heavy (non-hydrogen) atoms. The van der Waals surface area contributed by atoms with Crippen LogP contribution in [0.2, 0.25) is 0 Å². The van der Waals surface area contributed by atoms with Crippen LogP contribution in [0.5, 0.6) is 0 Å². The summed E-state index contributed by atoms with van der Waals surface area (Å²) in [6.07, 6.45) is 16.5. The Morgan fingerprint density at radius 2 is 1.91 bits per heavy atom. The van der Waals surface area contributed by atoms with Crippen molar-refractivity contribution in [2.24, 2.45) is 16.8 Å². The number of benzene rings is 2. The molecule has 0 aliphatic heterocycles. The van der Waals surface area contributed by atoms with Crippen LogP contribution in [-0.2, 0) is 9.53 Å². The summed E-state index contributed by atoms with van der Waals surface area (Å²) in [6.45, 7) is 2.08. The van der Waals surface area contributed by atoms with Gasteiger partial charge in [-0.3, -0.25) is 9.79 Å². The van der Waals surface area contributed by atoms with Gasteiger partial charge in [0.1, 0.15) is 11.5 Å². The second-order valence-corrected chi connectivity index (χ2v) is 8.78. The zero-order valence-corrected chi connectivity index (χ0v) is 21.0. The minimum atomic E-state index is 0.178. The Morgan fingerprint density at radius 1 is 1.14 bits per heavy atom. The highest BCUT2D eigenvalue weighted by Gasteiger charge is 2.25. The molecule has 0 aromatic heterocycles. The Balaban J connectivity index is 1.64. The first-order valence-corrected chi connectivity index (χ1v) is 12.2. The number of allylic oxidation sites excluding steroid dienone is 6. The van der Waals surface area contributed by atoms with Crippen molar-refractivity contribution in [1.29, 1.82) is 0 Å². The summed E-state index contributed by atoms with van der Waals surface area (Å²) in [4.78, 5) is 17.5. The van der Waals surface area contributed by atoms with E-state index >= 15 is 0 Å². The van der Waals surface area contributed by atoms with Crippen LogP contribution in [0.1, 0.15) is 42.4 Å². The van der Waals surface area contributed by atoms with E-state index in [1.807, 2.05) is 67.8 Å². The van der Waals surface area contributed by atoms with Crippen molar-refractivity contribution in [2.45, 2.75) is 32.6 Å². The van der Waals surface area contributed by atoms with Gasteiger partial charge in [-0.25, -0.2) is 0 Å². The minimum absolute atomic E-state index is 0.178. The second kappa shape index (κ2) is 13.9. The van der Waals surface area contributed by atoms with Crippen molar-refractivity contribution in [3.63, 3.8) is 0 Å². The first-order valence-electron chi connectivity index (χ1n) is 12.2. The van der Waals surface area contributed by atoms with Crippen molar-refractivity contribution in [2.75, 3.05) is 14.2 Å². The van der Waals surface area contributed by atoms with Crippen molar-refractivity contribution < 1.29 is 9.53 Å². The average molecular weight is 466 g/mol. The third kappa shape index (κ3) is 8.24. The molecule has 0 heterocycles. The molecule has 2 aromatic rings. The number of rotatable bonds is 11. The summed E-state index contributed by atoms with van der Waals surface area (Å²) < 4.78 is 5.35. The molecule has 0 N–H and O–H groups in total. The van der Waals surface area contributed by atoms with Crippen molar-refractivity contribution in [1.82, 2.24) is 0 Å². The lowest BCUT2D eigenvalue weighted by molar-refractivity contribution is -0.119. The second-order valence-electron chi connectivity index (χ2n) is 8.78. The van der Waals surface area contributed by atoms with Gasteiger partial charge < -0.3 is 4.74 Å². The highest BCUT2D eigenvalue weighted by Crippen LogP contribution is 2.31. The molecule has 3 rings (SSSR count). The van der Waals surface area contributed by atoms with Crippen LogP contribution in [-0.4, -0.2) is 25.7 Å². The molecule has 0 spiro atoms. The molecule has 0 radical (unpaired) electrons. The molecule has 2 atom stereocenters. The standard InChI is InChI=1S/C32H35NO2/c1-25-13-11-12-15-26(25)14-7-4-5-10-18-30(34)23-29(27-19-21-31(35-3)22-20-27)24-32(33-2)28-16-8-6-9-17-28/h4-6,8-17,19,21-22,27,29H,18,20,23-24H2,1-3H3/b10-5-,33-32?/t7?,27?,29-/m0/s1. The maximum atomic E-state index is 12.9. The summed E-state index contributed by atoms with van der Waals surface area (Å²) in [7, 11) is 3.52. The first kappa shape index (κ1) is 25.9. The number of ketones is 1. The molecule has 0 saturated carbocycles. The monoisotopic (exact) mass is 465 g/mol. The van der Waals surface area contributed by atoms with E-state index in [0.717, 1.165) is 35.4 Å². The van der Waals surface area contributed by atoms with E-state index in [1.165, 1.54) is 5.56 Å². The fourth-order valence-corrected chi connectivity index (χ4v) is 4.30. The fourth-order valence-electron chi connectivity index (χ4n) is 4.30. The fraction of sp³-hybridized carbons (Fsp3) is 0.281. The first-order chi connectivity index (χ1) is 17.1. The summed E-state index contributed by atoms with van der Waals surface area (Å²) >= 11 is 0. The van der Waals surface area contributed by atoms with Crippen molar-refractivity contribution >= 4 is 17.6 Å². The number of aryl methyl sites for hydroxylation is 1. The van der Waals surface area contributed by atoms with E-state index < -0.39 is 0 Å². The van der Waals surface area contributed by atoms with Crippen LogP contribution < -0.4 is 0 Å². The molecule has 3 nitrogen and oxygen atoms in total. The highest BCUT2D eigenvalue weighted by atomic mass is 16.5. The number of carbonyl (C=O) groups excluding carboxylic acids is 1. The van der Waals surface area contributed by atoms with Crippen LogP contribution in [0.15, 0.2) is 108 Å². The van der Waals surface area contributed by atoms with Gasteiger partial charge in [0.2, 0.25) is 0 Å². The molecule has 0 fully saturated rings. The molecule has 3 heteroatoms. The summed E-state index contributed by atoms with van der Waals surface area (Å²) in [6, 6.07) is 18.4. The van der Waals surface area contributed by atoms with E-state index in [4.69, 9.17) is 4.74 Å². The summed E-state index contributed by atoms with van der Waals surface area (Å²) in [5.74, 6) is 1.57. The topological polar surface area (TPSA) is 38.7 Å². The molecule has 1 unspecified atom stereocenters. The SMILES string of the molecule is CN=C(C[C@H](CC(=O)C/C=C\C=C=Cc1ccccc1C)C1C=CC(OC)=CC1)c1ccccc1. The Labute approximate surface area is 210 Å². The molecule has 0 saturated heterocycles. The number of aliphatic imine (C=N–C) groups is 1. The average Bonchev–Trinajstić information content (AvgIpc) is 2.90. The number of Topliss-reactive ketones (excluding diaryl/α,β-unsaturated/α-hetero) is 1. The third-order valence-electron chi connectivity index (χ3n) is 6.36. The van der Waals surface area contributed by atoms with Gasteiger partial charge in [0.05, 0.1) is 7.11 Å². The lowest BCUT2D eigenvalue weighted by Crippen LogP contribution is -2.22. The predicted molar refractivity (Wildman–Crippen MR) is 146 cm³/mol. The van der Waals surface area contributed by atoms with Gasteiger partial charge in [-0.15, -0.1) is 5.73 Å². The van der Waals surface area contributed by atoms with Gasteiger partial charge in [-0.2, -0.15) is 0 Å². The molecule has 2 aromatic carbocycles. The quantitative estimate of drug-likeness (QED) is 0.198. The van der Waals surface area contributed by atoms with E-state index in [0.29, 0.717) is 12.8 Å². The number of nitrogens with zero attached hydrogens (tertiary/aromatic N) is 1. The lowest BCUT2D eigenvalue weighted by atomic mass is 9.79. The molecule has 0 bridgehead atoms. The zero-order chi connectivity index (χ0) is 24.9. The lowest BCUT2D eigenvalue weighted by Gasteiger charge is -2.26. The van der Waals surface area contributed by atoms with Gasteiger partial charge >= 0.3 is 0 Å². The maximum absolute atomic E-state index is 12.9. The maximum Gasteiger partial charge on any atom is 0.136 e. The van der Waals surface area contributed by atoms with E-state index in [-0.39, 0.29) is 17.6 Å². The third-order valence-corrected chi connectivity index (χ3v) is 6.36. The molecule has 1 aliphatic rings. The number of carbonyl (C=O) groups is 1. The molecule has 1 aliphatic carbocycles. The van der Waals surface area contributed by atoms with E-state index in [2.05, 4.69) is 54.1 Å². The van der Waals surface area contributed by atoms with Gasteiger partial charge in [0.25, 0.3) is 0 Å². The summed E-state index contributed by atoms with van der Waals surface area (Å²) in [5, 5.41) is 0. The van der Waals surface area contributed by atoms with Crippen molar-refractivity contribution in [3.05, 3.63) is 119 Å². The number of hydrogen-bond acceptors (Lipinski definition) is 3. The minimum Gasteiger partial charge on any atom is -0.497 e. The zero-order valence-electron chi connectivity index (χ0n) is 21.0. The van der Waals surface area contributed by atoms with Crippen LogP contribution in [0.3, 0.4) is 0 Å². The summed E-state index contributed by atoms with van der Waals surface area (Å²) in [5.41, 5.74) is 7.70. The van der Waals surface area contributed by atoms with Crippen LogP contribution >= 0.6 is 0 Å². The number of methoxy groups -OCH3 is 1. The smallest absolute Gasteiger partial charge is 0.136 e. The Hall–Kier alpha value is -3.68. The molecular weight excluding hydrogens is 430 g/mol. The van der Waals surface area contributed by atoms with Gasteiger partial charge in [-0.05, 0) is 72.6 Å². The van der Waals surface area contributed by atoms with Gasteiger partial charge in [0, 0.05) is 25.6 Å². The van der Waals surface area contributed by atoms with E-state index in [9.17, 15) is 4.79 Å². The predicted octanol–water partition coefficient (Wildman–Crippen LogP) is 7.30. The van der Waals surface area contributed by atoms with Crippen LogP contribution in [0, 0.1) is 18.8 Å². The molecule has 180 valence electrons. The number of hydrogen-bond donors (Lipinski definition) is 0. The Bertz CT molecular complexity index is 1160. The normalized spacial score (nSPS) is 16.4. The van der Waals surface area contributed by atoms with Gasteiger partial charge in [0.15, 0.2) is 0 Å².